The van der Waals surface area contributed by atoms with E-state index in [0.717, 1.165) is 17.5 Å². The van der Waals surface area contributed by atoms with Gasteiger partial charge >= 0.3 is 0 Å². The van der Waals surface area contributed by atoms with Crippen LogP contribution in [0.1, 0.15) is 51.7 Å². The van der Waals surface area contributed by atoms with E-state index in [2.05, 4.69) is 0 Å². The molecule has 0 atom stereocenters. The lowest BCUT2D eigenvalue weighted by Crippen LogP contribution is -1.94. The highest BCUT2D eigenvalue weighted by Gasteiger charge is 2.05. The molecule has 1 aromatic rings. The largest absolute Gasteiger partial charge is 0.207 e. The molecule has 0 nitrogen and oxygen atoms in total. The van der Waals surface area contributed by atoms with Gasteiger partial charge in [0.2, 0.25) is 0 Å². The first-order valence-corrected chi connectivity index (χ1v) is 5.43. The number of benzene rings is 1. The Morgan fingerprint density at radius 1 is 1.21 bits per heavy atom. The van der Waals surface area contributed by atoms with Gasteiger partial charge in [0.1, 0.15) is 5.82 Å². The third-order valence-corrected chi connectivity index (χ3v) is 2.10. The molecule has 1 rings (SSSR count). The van der Waals surface area contributed by atoms with Crippen LogP contribution in [0.3, 0.4) is 0 Å². The average Bonchev–Trinajstić information content (AvgIpc) is 2.20. The standard InChI is InChI=1S/C11H15F.C2H6/c1-4-9-5-6-10(8(2)3)11(12)7-9;1-2/h5-8H,4H2,1-3H3;1-2H3. The third kappa shape index (κ3) is 3.49. The van der Waals surface area contributed by atoms with Gasteiger partial charge in [0.15, 0.2) is 0 Å². The Bertz CT molecular complexity index is 264. The Kier molecular flexibility index (Phi) is 6.18. The Morgan fingerprint density at radius 3 is 2.14 bits per heavy atom. The molecule has 0 bridgehead atoms. The lowest BCUT2D eigenvalue weighted by Gasteiger charge is -2.07. The van der Waals surface area contributed by atoms with Gasteiger partial charge in [0.25, 0.3) is 0 Å². The van der Waals surface area contributed by atoms with Crippen molar-refractivity contribution in [2.45, 2.75) is 47.0 Å². The lowest BCUT2D eigenvalue weighted by atomic mass is 10.0. The van der Waals surface area contributed by atoms with Gasteiger partial charge in [0.05, 0.1) is 0 Å². The van der Waals surface area contributed by atoms with Crippen molar-refractivity contribution < 1.29 is 4.39 Å². The highest BCUT2D eigenvalue weighted by atomic mass is 19.1. The first-order valence-electron chi connectivity index (χ1n) is 5.43. The summed E-state index contributed by atoms with van der Waals surface area (Å²) < 4.78 is 13.3. The molecule has 0 fully saturated rings. The van der Waals surface area contributed by atoms with E-state index >= 15 is 0 Å². The Labute approximate surface area is 87.2 Å². The van der Waals surface area contributed by atoms with Crippen molar-refractivity contribution in [1.29, 1.82) is 0 Å². The van der Waals surface area contributed by atoms with E-state index in [1.807, 2.05) is 46.8 Å². The third-order valence-electron chi connectivity index (χ3n) is 2.10. The van der Waals surface area contributed by atoms with Crippen LogP contribution in [0.15, 0.2) is 18.2 Å². The maximum Gasteiger partial charge on any atom is 0.126 e. The molecule has 0 radical (unpaired) electrons. The predicted octanol–water partition coefficient (Wildman–Crippen LogP) is 4.54. The van der Waals surface area contributed by atoms with Crippen LogP contribution in [0.2, 0.25) is 0 Å². The summed E-state index contributed by atoms with van der Waals surface area (Å²) in [5.74, 6) is 0.209. The molecule has 0 aliphatic heterocycles. The topological polar surface area (TPSA) is 0 Å². The van der Waals surface area contributed by atoms with E-state index in [1.54, 1.807) is 6.07 Å². The van der Waals surface area contributed by atoms with Crippen LogP contribution in [0.5, 0.6) is 0 Å². The van der Waals surface area contributed by atoms with E-state index in [1.165, 1.54) is 0 Å². The van der Waals surface area contributed by atoms with Crippen LogP contribution in [0, 0.1) is 5.82 Å². The molecule has 0 unspecified atom stereocenters. The summed E-state index contributed by atoms with van der Waals surface area (Å²) in [5, 5.41) is 0. The fourth-order valence-electron chi connectivity index (χ4n) is 1.26. The Morgan fingerprint density at radius 2 is 1.79 bits per heavy atom. The molecule has 14 heavy (non-hydrogen) atoms. The second-order valence-corrected chi connectivity index (χ2v) is 3.36. The van der Waals surface area contributed by atoms with E-state index in [-0.39, 0.29) is 11.7 Å². The van der Waals surface area contributed by atoms with Crippen molar-refractivity contribution in [2.75, 3.05) is 0 Å². The van der Waals surface area contributed by atoms with Crippen LogP contribution in [-0.4, -0.2) is 0 Å². The van der Waals surface area contributed by atoms with Crippen molar-refractivity contribution >= 4 is 0 Å². The summed E-state index contributed by atoms with van der Waals surface area (Å²) in [5.41, 5.74) is 1.88. The normalized spacial score (nSPS) is 9.64. The number of aryl methyl sites for hydroxylation is 1. The molecule has 0 amide bonds. The number of halogens is 1. The van der Waals surface area contributed by atoms with Gasteiger partial charge in [-0.2, -0.15) is 0 Å². The molecule has 0 aliphatic rings. The fourth-order valence-corrected chi connectivity index (χ4v) is 1.26. The Balaban J connectivity index is 0.000000791. The summed E-state index contributed by atoms with van der Waals surface area (Å²) in [6, 6.07) is 5.52. The minimum atomic E-state index is -0.0654. The highest BCUT2D eigenvalue weighted by molar-refractivity contribution is 5.26. The van der Waals surface area contributed by atoms with E-state index in [9.17, 15) is 4.39 Å². The van der Waals surface area contributed by atoms with E-state index in [4.69, 9.17) is 0 Å². The number of rotatable bonds is 2. The fraction of sp³-hybridized carbons (Fsp3) is 0.538. The van der Waals surface area contributed by atoms with Crippen molar-refractivity contribution in [3.05, 3.63) is 35.1 Å². The zero-order valence-electron chi connectivity index (χ0n) is 9.89. The molecular formula is C13H21F. The second-order valence-electron chi connectivity index (χ2n) is 3.36. The van der Waals surface area contributed by atoms with E-state index in [0.29, 0.717) is 0 Å². The highest BCUT2D eigenvalue weighted by Crippen LogP contribution is 2.19. The molecule has 0 heterocycles. The molecule has 0 aromatic heterocycles. The monoisotopic (exact) mass is 196 g/mol. The smallest absolute Gasteiger partial charge is 0.126 e. The maximum absolute atomic E-state index is 13.3. The van der Waals surface area contributed by atoms with Gasteiger partial charge in [-0.3, -0.25) is 0 Å². The van der Waals surface area contributed by atoms with Crippen LogP contribution < -0.4 is 0 Å². The van der Waals surface area contributed by atoms with Crippen molar-refractivity contribution in [1.82, 2.24) is 0 Å². The summed E-state index contributed by atoms with van der Waals surface area (Å²) in [6.45, 7) is 10.0. The maximum atomic E-state index is 13.3. The summed E-state index contributed by atoms with van der Waals surface area (Å²) in [6.07, 6.45) is 0.898. The van der Waals surface area contributed by atoms with Crippen molar-refractivity contribution in [3.8, 4) is 0 Å². The molecule has 1 heteroatoms. The SMILES string of the molecule is CC.CCc1ccc(C(C)C)c(F)c1. The van der Waals surface area contributed by atoms with Crippen LogP contribution >= 0.6 is 0 Å². The zero-order chi connectivity index (χ0) is 11.1. The summed E-state index contributed by atoms with van der Waals surface area (Å²) >= 11 is 0. The first kappa shape index (κ1) is 13.2. The molecule has 80 valence electrons. The van der Waals surface area contributed by atoms with Crippen LogP contribution in [0.25, 0.3) is 0 Å². The lowest BCUT2D eigenvalue weighted by molar-refractivity contribution is 0.596. The molecule has 0 saturated carbocycles. The van der Waals surface area contributed by atoms with Crippen molar-refractivity contribution in [2.24, 2.45) is 0 Å². The zero-order valence-corrected chi connectivity index (χ0v) is 9.89. The van der Waals surface area contributed by atoms with Crippen LogP contribution in [-0.2, 0) is 6.42 Å². The van der Waals surface area contributed by atoms with Crippen LogP contribution in [0.4, 0.5) is 4.39 Å². The van der Waals surface area contributed by atoms with Gasteiger partial charge in [-0.25, -0.2) is 4.39 Å². The minimum absolute atomic E-state index is 0.0654. The van der Waals surface area contributed by atoms with E-state index < -0.39 is 0 Å². The van der Waals surface area contributed by atoms with Gasteiger partial charge in [-0.1, -0.05) is 46.8 Å². The molecule has 0 spiro atoms. The Hall–Kier alpha value is -0.850. The molecule has 0 aliphatic carbocycles. The summed E-state index contributed by atoms with van der Waals surface area (Å²) in [7, 11) is 0. The number of hydrogen-bond acceptors (Lipinski definition) is 0. The second kappa shape index (κ2) is 6.58. The first-order chi connectivity index (χ1) is 6.65. The molecule has 1 aromatic carbocycles. The quantitative estimate of drug-likeness (QED) is 0.651. The summed E-state index contributed by atoms with van der Waals surface area (Å²) in [4.78, 5) is 0. The van der Waals surface area contributed by atoms with Crippen molar-refractivity contribution in [3.63, 3.8) is 0 Å². The average molecular weight is 196 g/mol. The van der Waals surface area contributed by atoms with Gasteiger partial charge in [-0.15, -0.1) is 0 Å². The predicted molar refractivity (Wildman–Crippen MR) is 61.2 cm³/mol. The van der Waals surface area contributed by atoms with Gasteiger partial charge in [-0.05, 0) is 29.5 Å². The van der Waals surface area contributed by atoms with Gasteiger partial charge in [0, 0.05) is 0 Å². The molecule has 0 saturated heterocycles. The minimum Gasteiger partial charge on any atom is -0.207 e. The number of hydrogen-bond donors (Lipinski definition) is 0. The molecular weight excluding hydrogens is 175 g/mol. The molecule has 0 N–H and O–H groups in total. The van der Waals surface area contributed by atoms with Gasteiger partial charge < -0.3 is 0 Å².